The number of nitrogens with zero attached hydrogens (tertiary/aromatic N) is 1. The Morgan fingerprint density at radius 2 is 2.00 bits per heavy atom. The summed E-state index contributed by atoms with van der Waals surface area (Å²) in [6.45, 7) is 0. The van der Waals surface area contributed by atoms with Crippen molar-refractivity contribution in [1.29, 1.82) is 5.26 Å². The Morgan fingerprint density at radius 3 is 2.68 bits per heavy atom. The highest BCUT2D eigenvalue weighted by Crippen LogP contribution is 2.47. The predicted octanol–water partition coefficient (Wildman–Crippen LogP) is 3.66. The topological polar surface area (TPSA) is 62.1 Å². The number of carbonyl (C=O) groups is 1. The number of fused-ring (bicyclic) bond motifs is 2. The van der Waals surface area contributed by atoms with Crippen molar-refractivity contribution in [2.24, 2.45) is 0 Å². The number of aryl methyl sites for hydroxylation is 1. The Balaban J connectivity index is 1.69. The molecule has 2 heterocycles. The zero-order chi connectivity index (χ0) is 17.5. The van der Waals surface area contributed by atoms with E-state index in [-0.39, 0.29) is 11.4 Å². The Hall–Kier alpha value is -2.32. The van der Waals surface area contributed by atoms with Gasteiger partial charge in [0.25, 0.3) is 0 Å². The molecular weight excluding hydrogens is 332 g/mol. The highest BCUT2D eigenvalue weighted by Gasteiger charge is 2.52. The fraction of sp³-hybridized carbons (Fsp3) is 0.400. The standard InChI is InChI=1S/C20H20N2O2S/c1-24-15-6-4-14(5-7-15)19(13-21)10-11-20(22-18(19)23)9-2-3-17-16(20)8-12-25-17/h4-8,12H,2-3,9-11H2,1H3,(H,22,23). The number of rotatable bonds is 2. The van der Waals surface area contributed by atoms with Gasteiger partial charge in [-0.3, -0.25) is 4.79 Å². The van der Waals surface area contributed by atoms with Crippen molar-refractivity contribution in [3.63, 3.8) is 0 Å². The Labute approximate surface area is 151 Å². The molecule has 2 aromatic rings. The summed E-state index contributed by atoms with van der Waals surface area (Å²) in [6, 6.07) is 11.7. The van der Waals surface area contributed by atoms with Crippen LogP contribution in [0.25, 0.3) is 0 Å². The number of nitrogens with one attached hydrogen (secondary N) is 1. The summed E-state index contributed by atoms with van der Waals surface area (Å²) in [5, 5.41) is 15.3. The van der Waals surface area contributed by atoms with E-state index in [1.165, 1.54) is 10.4 Å². The van der Waals surface area contributed by atoms with Gasteiger partial charge in [-0.15, -0.1) is 11.3 Å². The molecule has 2 unspecified atom stereocenters. The van der Waals surface area contributed by atoms with E-state index in [2.05, 4.69) is 22.8 Å². The lowest BCUT2D eigenvalue weighted by atomic mass is 9.66. The molecule has 0 bridgehead atoms. The van der Waals surface area contributed by atoms with Crippen LogP contribution in [-0.2, 0) is 22.2 Å². The van der Waals surface area contributed by atoms with Gasteiger partial charge >= 0.3 is 0 Å². The second-order valence-corrected chi connectivity index (χ2v) is 7.89. The molecule has 2 aliphatic rings. The van der Waals surface area contributed by atoms with E-state index in [1.54, 1.807) is 18.4 Å². The molecule has 0 saturated carbocycles. The maximum absolute atomic E-state index is 13.1. The fourth-order valence-electron chi connectivity index (χ4n) is 4.26. The number of ether oxygens (including phenoxy) is 1. The minimum atomic E-state index is -1.12. The first-order valence-corrected chi connectivity index (χ1v) is 9.47. The number of hydrogen-bond acceptors (Lipinski definition) is 4. The molecule has 1 spiro atoms. The van der Waals surface area contributed by atoms with Crippen LogP contribution in [-0.4, -0.2) is 13.0 Å². The molecule has 25 heavy (non-hydrogen) atoms. The third-order valence-electron chi connectivity index (χ3n) is 5.71. The van der Waals surface area contributed by atoms with Gasteiger partial charge in [0.1, 0.15) is 5.75 Å². The third kappa shape index (κ3) is 2.36. The summed E-state index contributed by atoms with van der Waals surface area (Å²) < 4.78 is 5.19. The molecule has 1 aromatic heterocycles. The third-order valence-corrected chi connectivity index (χ3v) is 6.69. The van der Waals surface area contributed by atoms with E-state index in [0.29, 0.717) is 6.42 Å². The molecule has 2 atom stereocenters. The first-order chi connectivity index (χ1) is 12.1. The van der Waals surface area contributed by atoms with Crippen LogP contribution in [0.15, 0.2) is 35.7 Å². The average molecular weight is 352 g/mol. The van der Waals surface area contributed by atoms with Crippen LogP contribution in [0.1, 0.15) is 41.7 Å². The summed E-state index contributed by atoms with van der Waals surface area (Å²) >= 11 is 1.77. The number of carbonyl (C=O) groups excluding carboxylic acids is 1. The monoisotopic (exact) mass is 352 g/mol. The Kier molecular flexibility index (Phi) is 3.81. The fourth-order valence-corrected chi connectivity index (χ4v) is 5.28. The largest absolute Gasteiger partial charge is 0.497 e. The molecule has 128 valence electrons. The molecule has 1 aromatic carbocycles. The van der Waals surface area contributed by atoms with Gasteiger partial charge in [0.2, 0.25) is 5.91 Å². The van der Waals surface area contributed by atoms with Crippen molar-refractivity contribution >= 4 is 17.2 Å². The summed E-state index contributed by atoms with van der Waals surface area (Å²) in [4.78, 5) is 14.5. The van der Waals surface area contributed by atoms with Gasteiger partial charge in [-0.25, -0.2) is 0 Å². The lowest BCUT2D eigenvalue weighted by molar-refractivity contribution is -0.130. The van der Waals surface area contributed by atoms with Gasteiger partial charge in [0.05, 0.1) is 18.7 Å². The molecule has 1 saturated heterocycles. The number of methoxy groups -OCH3 is 1. The average Bonchev–Trinajstić information content (AvgIpc) is 3.13. The number of nitriles is 1. The van der Waals surface area contributed by atoms with Crippen LogP contribution in [0.5, 0.6) is 5.75 Å². The first kappa shape index (κ1) is 16.2. The SMILES string of the molecule is COc1ccc(C2(C#N)CCC3(CCCc4sccc43)NC2=O)cc1. The number of amides is 1. The van der Waals surface area contributed by atoms with Crippen LogP contribution in [0.4, 0.5) is 0 Å². The van der Waals surface area contributed by atoms with Crippen LogP contribution in [0, 0.1) is 11.3 Å². The molecule has 4 nitrogen and oxygen atoms in total. The van der Waals surface area contributed by atoms with E-state index in [1.807, 2.05) is 24.3 Å². The molecule has 1 amide bonds. The van der Waals surface area contributed by atoms with Crippen LogP contribution in [0.3, 0.4) is 0 Å². The van der Waals surface area contributed by atoms with Crippen LogP contribution < -0.4 is 10.1 Å². The maximum atomic E-state index is 13.1. The predicted molar refractivity (Wildman–Crippen MR) is 96.6 cm³/mol. The van der Waals surface area contributed by atoms with Crippen molar-refractivity contribution in [2.45, 2.75) is 43.1 Å². The van der Waals surface area contributed by atoms with Gasteiger partial charge in [-0.1, -0.05) is 12.1 Å². The highest BCUT2D eigenvalue weighted by atomic mass is 32.1. The quantitative estimate of drug-likeness (QED) is 0.897. The van der Waals surface area contributed by atoms with Gasteiger partial charge < -0.3 is 10.1 Å². The zero-order valence-electron chi connectivity index (χ0n) is 14.2. The summed E-state index contributed by atoms with van der Waals surface area (Å²) in [6.07, 6.45) is 4.45. The van der Waals surface area contributed by atoms with Gasteiger partial charge in [-0.05, 0) is 66.8 Å². The van der Waals surface area contributed by atoms with Gasteiger partial charge in [0.15, 0.2) is 5.41 Å². The molecule has 1 fully saturated rings. The lowest BCUT2D eigenvalue weighted by Gasteiger charge is -2.46. The van der Waals surface area contributed by atoms with E-state index in [4.69, 9.17) is 4.74 Å². The summed E-state index contributed by atoms with van der Waals surface area (Å²) in [5.41, 5.74) is 0.589. The Bertz CT molecular complexity index is 851. The zero-order valence-corrected chi connectivity index (χ0v) is 15.0. The van der Waals surface area contributed by atoms with Crippen molar-refractivity contribution < 1.29 is 9.53 Å². The van der Waals surface area contributed by atoms with E-state index in [0.717, 1.165) is 37.0 Å². The second kappa shape index (κ2) is 5.89. The molecule has 1 aliphatic carbocycles. The maximum Gasteiger partial charge on any atom is 0.245 e. The number of benzene rings is 1. The number of hydrogen-bond donors (Lipinski definition) is 1. The second-order valence-electron chi connectivity index (χ2n) is 6.89. The van der Waals surface area contributed by atoms with Crippen molar-refractivity contribution in [3.8, 4) is 11.8 Å². The number of piperidine rings is 1. The number of thiophene rings is 1. The molecular formula is C20H20N2O2S. The van der Waals surface area contributed by atoms with Gasteiger partial charge in [-0.2, -0.15) is 5.26 Å². The molecule has 5 heteroatoms. The van der Waals surface area contributed by atoms with Crippen molar-refractivity contribution in [1.82, 2.24) is 5.32 Å². The smallest absolute Gasteiger partial charge is 0.245 e. The molecule has 1 aliphatic heterocycles. The van der Waals surface area contributed by atoms with E-state index in [9.17, 15) is 10.1 Å². The van der Waals surface area contributed by atoms with E-state index < -0.39 is 5.41 Å². The Morgan fingerprint density at radius 1 is 1.20 bits per heavy atom. The van der Waals surface area contributed by atoms with E-state index >= 15 is 0 Å². The lowest BCUT2D eigenvalue weighted by Crippen LogP contribution is -2.59. The first-order valence-electron chi connectivity index (χ1n) is 8.59. The van der Waals surface area contributed by atoms with Crippen LogP contribution >= 0.6 is 11.3 Å². The van der Waals surface area contributed by atoms with Crippen molar-refractivity contribution in [3.05, 3.63) is 51.7 Å². The van der Waals surface area contributed by atoms with Gasteiger partial charge in [0, 0.05) is 4.88 Å². The van der Waals surface area contributed by atoms with Crippen LogP contribution in [0.2, 0.25) is 0 Å². The summed E-state index contributed by atoms with van der Waals surface area (Å²) in [7, 11) is 1.60. The molecule has 0 radical (unpaired) electrons. The molecule has 1 N–H and O–H groups in total. The minimum Gasteiger partial charge on any atom is -0.497 e. The normalized spacial score (nSPS) is 28.1. The summed E-state index contributed by atoms with van der Waals surface area (Å²) in [5.74, 6) is 0.546. The minimum absolute atomic E-state index is 0.175. The highest BCUT2D eigenvalue weighted by molar-refractivity contribution is 7.10. The van der Waals surface area contributed by atoms with Crippen molar-refractivity contribution in [2.75, 3.05) is 7.11 Å². The molecule has 4 rings (SSSR count).